The molecule has 0 aliphatic carbocycles. The summed E-state index contributed by atoms with van der Waals surface area (Å²) in [6, 6.07) is 0. The number of hydrogen-bond donors (Lipinski definition) is 2. The fraction of sp³-hybridized carbons (Fsp3) is 0. The first-order chi connectivity index (χ1) is 2.00. The molecule has 0 radical (unpaired) electrons. The molecule has 0 heterocycles. The molecule has 0 aliphatic rings. The van der Waals surface area contributed by atoms with Gasteiger partial charge in [0.15, 0.2) is 0 Å². The Morgan fingerprint density at radius 1 is 1.50 bits per heavy atom. The average molecular weight is 156 g/mol. The van der Waals surface area contributed by atoms with E-state index in [1.54, 1.807) is 0 Å². The molecule has 0 atom stereocenters. The third kappa shape index (κ3) is 47.8. The second-order valence-corrected chi connectivity index (χ2v) is 2.65. The molecular weight excluding hydrogens is 152 g/mol. The van der Waals surface area contributed by atoms with Crippen LogP contribution in [0.3, 0.4) is 0 Å². The summed E-state index contributed by atoms with van der Waals surface area (Å²) in [5, 5.41) is 0. The van der Waals surface area contributed by atoms with Gasteiger partial charge in [-0.05, 0) is 0 Å². The average Bonchev–Trinajstić information content (AvgIpc) is 0.722. The summed E-state index contributed by atoms with van der Waals surface area (Å²) in [6.07, 6.45) is 0. The van der Waals surface area contributed by atoms with E-state index in [1.165, 1.54) is 0 Å². The molecule has 0 aromatic rings. The van der Waals surface area contributed by atoms with Crippen LogP contribution in [-0.2, 0) is 20.2 Å². The van der Waals surface area contributed by atoms with Crippen LogP contribution in [-0.4, -0.2) is 51.1 Å². The molecule has 0 spiro atoms. The summed E-state index contributed by atoms with van der Waals surface area (Å²) in [5.41, 5.74) is 0. The summed E-state index contributed by atoms with van der Waals surface area (Å²) in [7, 11) is -3.83. The van der Waals surface area contributed by atoms with E-state index in [-0.39, 0.29) is 37.7 Å². The van der Waals surface area contributed by atoms with Crippen molar-refractivity contribution in [3.8, 4) is 0 Å². The van der Waals surface area contributed by atoms with Crippen molar-refractivity contribution in [3.05, 3.63) is 0 Å². The third-order valence-electron chi connectivity index (χ3n) is 0. The van der Waals surface area contributed by atoms with Crippen molar-refractivity contribution in [3.63, 3.8) is 0 Å². The molecule has 0 bridgehead atoms. The molecule has 0 aromatic heterocycles. The van der Waals surface area contributed by atoms with Crippen LogP contribution in [0.5, 0.6) is 0 Å². The van der Waals surface area contributed by atoms with E-state index >= 15 is 0 Å². The number of rotatable bonds is 0. The Balaban J connectivity index is 0. The van der Waals surface area contributed by atoms with Crippen LogP contribution in [0.25, 0.3) is 0 Å². The fourth-order valence-electron chi connectivity index (χ4n) is 0. The van der Waals surface area contributed by atoms with Crippen molar-refractivity contribution < 1.29 is 13.3 Å². The van der Waals surface area contributed by atoms with E-state index in [4.69, 9.17) is 13.3 Å². The van der Waals surface area contributed by atoms with Crippen molar-refractivity contribution in [2.75, 3.05) is 0 Å². The minimum absolute atomic E-state index is 0. The number of hydrogen-bond acceptors (Lipinski definition) is 2. The molecule has 6 heteroatoms. The van der Waals surface area contributed by atoms with Crippen LogP contribution in [0.4, 0.5) is 0 Å². The van der Waals surface area contributed by atoms with Gasteiger partial charge in [0.1, 0.15) is 0 Å². The van der Waals surface area contributed by atoms with E-state index in [1.807, 2.05) is 0 Å². The Hall–Kier alpha value is 1.55. The van der Waals surface area contributed by atoms with Gasteiger partial charge in [-0.15, -0.1) is 0 Å². The van der Waals surface area contributed by atoms with Crippen molar-refractivity contribution >= 4 is 58.0 Å². The SMILES string of the molecule is O=S(O)(O)=S.[CaH2]. The molecule has 6 heavy (non-hydrogen) atoms. The Bertz CT molecular complexity index is 92.0. The standard InChI is InChI=1S/Ca.H2O3S2.2H/c;1-5(2,3)4;;/h;(H2,1,2,3,4);;. The summed E-state index contributed by atoms with van der Waals surface area (Å²) >= 11 is 3.47. The molecule has 2 N–H and O–H groups in total. The zero-order valence-corrected chi connectivity index (χ0v) is 3.75. The topological polar surface area (TPSA) is 57.5 Å². The van der Waals surface area contributed by atoms with Crippen LogP contribution in [0.15, 0.2) is 0 Å². The summed E-state index contributed by atoms with van der Waals surface area (Å²) in [5.74, 6) is 0. The quantitative estimate of drug-likeness (QED) is 0.431. The van der Waals surface area contributed by atoms with Crippen molar-refractivity contribution in [1.82, 2.24) is 0 Å². The van der Waals surface area contributed by atoms with Gasteiger partial charge in [0.2, 0.25) is 0 Å². The zero-order valence-electron chi connectivity index (χ0n) is 2.12. The van der Waals surface area contributed by atoms with E-state index < -0.39 is 9.05 Å². The molecule has 3 nitrogen and oxygen atoms in total. The molecule has 36 valence electrons. The van der Waals surface area contributed by atoms with Crippen molar-refractivity contribution in [1.29, 1.82) is 0 Å². The van der Waals surface area contributed by atoms with E-state index in [0.717, 1.165) is 0 Å². The monoisotopic (exact) mass is 156 g/mol. The maximum absolute atomic E-state index is 9.11. The van der Waals surface area contributed by atoms with Crippen LogP contribution in [0, 0.1) is 0 Å². The van der Waals surface area contributed by atoms with E-state index in [9.17, 15) is 0 Å². The van der Waals surface area contributed by atoms with Gasteiger partial charge >= 0.3 is 37.7 Å². The van der Waals surface area contributed by atoms with Crippen LogP contribution in [0.2, 0.25) is 0 Å². The molecule has 0 unspecified atom stereocenters. The van der Waals surface area contributed by atoms with Crippen molar-refractivity contribution in [2.45, 2.75) is 0 Å². The summed E-state index contributed by atoms with van der Waals surface area (Å²) < 4.78 is 24.0. The maximum atomic E-state index is 9.11. The van der Waals surface area contributed by atoms with Crippen molar-refractivity contribution in [2.24, 2.45) is 0 Å². The first-order valence-corrected chi connectivity index (χ1v) is 3.10. The van der Waals surface area contributed by atoms with Crippen LogP contribution < -0.4 is 0 Å². The van der Waals surface area contributed by atoms with Gasteiger partial charge in [0, 0.05) is 11.2 Å². The molecular formula is H4CaO3S2. The van der Waals surface area contributed by atoms with Gasteiger partial charge in [-0.25, -0.2) is 0 Å². The second-order valence-electron chi connectivity index (χ2n) is 0.448. The fourth-order valence-corrected chi connectivity index (χ4v) is 0. The molecule has 0 saturated carbocycles. The van der Waals surface area contributed by atoms with Gasteiger partial charge < -0.3 is 0 Å². The van der Waals surface area contributed by atoms with Gasteiger partial charge in [-0.2, -0.15) is 4.21 Å². The molecule has 0 aliphatic heterocycles. The zero-order chi connectivity index (χ0) is 4.50. The predicted octanol–water partition coefficient (Wildman–Crippen LogP) is -1.24. The molecule has 0 rings (SSSR count). The Morgan fingerprint density at radius 3 is 1.50 bits per heavy atom. The minimum atomic E-state index is -3.83. The summed E-state index contributed by atoms with van der Waals surface area (Å²) in [4.78, 5) is 0. The van der Waals surface area contributed by atoms with Crippen LogP contribution in [0.1, 0.15) is 0 Å². The Kier molecular flexibility index (Phi) is 6.20. The normalized spacial score (nSPS) is 9.67. The Morgan fingerprint density at radius 2 is 1.50 bits per heavy atom. The first-order valence-electron chi connectivity index (χ1n) is 0.698. The van der Waals surface area contributed by atoms with Gasteiger partial charge in [-0.3, -0.25) is 9.11 Å². The van der Waals surface area contributed by atoms with Crippen LogP contribution >= 0.6 is 0 Å². The molecule has 0 aromatic carbocycles. The summed E-state index contributed by atoms with van der Waals surface area (Å²) in [6.45, 7) is 0. The first kappa shape index (κ1) is 10.5. The van der Waals surface area contributed by atoms with Gasteiger partial charge in [0.25, 0.3) is 9.05 Å². The second kappa shape index (κ2) is 3.54. The molecule has 0 fully saturated rings. The molecule has 0 saturated heterocycles. The van der Waals surface area contributed by atoms with E-state index in [0.29, 0.717) is 0 Å². The van der Waals surface area contributed by atoms with Gasteiger partial charge in [-0.1, -0.05) is 0 Å². The van der Waals surface area contributed by atoms with Gasteiger partial charge in [0.05, 0.1) is 0 Å². The Labute approximate surface area is 70.4 Å². The molecule has 0 amide bonds. The predicted molar refractivity (Wildman–Crippen MR) is 29.3 cm³/mol. The van der Waals surface area contributed by atoms with E-state index in [2.05, 4.69) is 11.2 Å². The third-order valence-corrected chi connectivity index (χ3v) is 0.